The predicted molar refractivity (Wildman–Crippen MR) is 162 cm³/mol. The molecule has 7 nitrogen and oxygen atoms in total. The second kappa shape index (κ2) is 14.9. The molecule has 214 valence electrons. The molecule has 3 aromatic rings. The lowest BCUT2D eigenvalue weighted by Crippen LogP contribution is -2.50. The molecule has 0 aromatic heterocycles. The van der Waals surface area contributed by atoms with Crippen LogP contribution in [-0.4, -0.2) is 50.5 Å². The quantitative estimate of drug-likeness (QED) is 0.277. The van der Waals surface area contributed by atoms with Crippen LogP contribution in [0.5, 0.6) is 0 Å². The first-order valence-electron chi connectivity index (χ1n) is 13.5. The van der Waals surface area contributed by atoms with Gasteiger partial charge in [0.25, 0.3) is 0 Å². The zero-order valence-corrected chi connectivity index (χ0v) is 24.9. The topological polar surface area (TPSA) is 86.8 Å². The van der Waals surface area contributed by atoms with Crippen LogP contribution >= 0.6 is 11.6 Å². The van der Waals surface area contributed by atoms with Crippen molar-refractivity contribution in [2.24, 2.45) is 0 Å². The van der Waals surface area contributed by atoms with E-state index in [1.807, 2.05) is 74.5 Å². The van der Waals surface area contributed by atoms with Gasteiger partial charge >= 0.3 is 0 Å². The Labute approximate surface area is 243 Å². The molecule has 0 aliphatic carbocycles. The van der Waals surface area contributed by atoms with Gasteiger partial charge in [-0.3, -0.25) is 13.9 Å². The Morgan fingerprint density at radius 2 is 1.68 bits per heavy atom. The van der Waals surface area contributed by atoms with Gasteiger partial charge in [-0.15, -0.1) is 0 Å². The van der Waals surface area contributed by atoms with Crippen molar-refractivity contribution in [1.29, 1.82) is 0 Å². The summed E-state index contributed by atoms with van der Waals surface area (Å²) >= 11 is 6.47. The number of anilines is 1. The normalized spacial score (nSPS) is 12.0. The number of benzene rings is 3. The number of nitrogens with one attached hydrogen (secondary N) is 1. The molecule has 0 spiro atoms. The standard InChI is InChI=1S/C31H38ClN3O4S/c1-4-19-33-31(37)29(22-25-13-6-5-7-14-25)34(23-26-15-8-9-17-28(26)32)30(36)18-11-20-35(40(3,38)39)27-16-10-12-24(2)21-27/h5-10,12-17,21,29H,4,11,18-20,22-23H2,1-3H3,(H,33,37)/t29-/m0/s1. The maximum absolute atomic E-state index is 13.8. The molecule has 40 heavy (non-hydrogen) atoms. The molecule has 0 heterocycles. The lowest BCUT2D eigenvalue weighted by molar-refractivity contribution is -0.141. The minimum atomic E-state index is -3.56. The molecule has 2 amide bonds. The molecule has 3 rings (SSSR count). The number of sulfonamides is 1. The summed E-state index contributed by atoms with van der Waals surface area (Å²) in [7, 11) is -3.56. The number of carbonyl (C=O) groups is 2. The highest BCUT2D eigenvalue weighted by molar-refractivity contribution is 7.92. The Bertz CT molecular complexity index is 1380. The van der Waals surface area contributed by atoms with E-state index in [9.17, 15) is 18.0 Å². The van der Waals surface area contributed by atoms with Crippen molar-refractivity contribution in [2.45, 2.75) is 52.1 Å². The van der Waals surface area contributed by atoms with Crippen LogP contribution in [-0.2, 0) is 32.6 Å². The SMILES string of the molecule is CCCNC(=O)[C@H](Cc1ccccc1)N(Cc1ccccc1Cl)C(=O)CCCN(c1cccc(C)c1)S(C)(=O)=O. The fraction of sp³-hybridized carbons (Fsp3) is 0.355. The van der Waals surface area contributed by atoms with E-state index in [0.29, 0.717) is 23.7 Å². The first kappa shape index (κ1) is 31.2. The van der Waals surface area contributed by atoms with Crippen LogP contribution in [0, 0.1) is 6.92 Å². The van der Waals surface area contributed by atoms with Gasteiger partial charge in [0, 0.05) is 37.5 Å². The van der Waals surface area contributed by atoms with Crippen LogP contribution in [0.3, 0.4) is 0 Å². The van der Waals surface area contributed by atoms with E-state index in [0.717, 1.165) is 29.4 Å². The van der Waals surface area contributed by atoms with Crippen LogP contribution in [0.15, 0.2) is 78.9 Å². The Morgan fingerprint density at radius 1 is 0.975 bits per heavy atom. The summed E-state index contributed by atoms with van der Waals surface area (Å²) in [6.07, 6.45) is 2.62. The Morgan fingerprint density at radius 3 is 2.33 bits per heavy atom. The van der Waals surface area contributed by atoms with Crippen molar-refractivity contribution < 1.29 is 18.0 Å². The van der Waals surface area contributed by atoms with E-state index < -0.39 is 16.1 Å². The summed E-state index contributed by atoms with van der Waals surface area (Å²) < 4.78 is 26.5. The molecule has 0 bridgehead atoms. The molecule has 0 unspecified atom stereocenters. The molecule has 0 aliphatic rings. The van der Waals surface area contributed by atoms with E-state index in [-0.39, 0.29) is 37.7 Å². The number of rotatable bonds is 14. The maximum Gasteiger partial charge on any atom is 0.243 e. The van der Waals surface area contributed by atoms with E-state index in [2.05, 4.69) is 5.32 Å². The third kappa shape index (κ3) is 9.10. The first-order valence-corrected chi connectivity index (χ1v) is 15.7. The highest BCUT2D eigenvalue weighted by Gasteiger charge is 2.30. The highest BCUT2D eigenvalue weighted by atomic mass is 35.5. The van der Waals surface area contributed by atoms with Crippen molar-refractivity contribution >= 4 is 39.1 Å². The smallest absolute Gasteiger partial charge is 0.243 e. The third-order valence-corrected chi connectivity index (χ3v) is 8.12. The highest BCUT2D eigenvalue weighted by Crippen LogP contribution is 2.23. The summed E-state index contributed by atoms with van der Waals surface area (Å²) in [6, 6.07) is 23.3. The molecular formula is C31H38ClN3O4S. The maximum atomic E-state index is 13.8. The van der Waals surface area contributed by atoms with Crippen molar-refractivity contribution in [1.82, 2.24) is 10.2 Å². The molecular weight excluding hydrogens is 546 g/mol. The van der Waals surface area contributed by atoms with Crippen LogP contribution in [0.25, 0.3) is 0 Å². The number of carbonyl (C=O) groups excluding carboxylic acids is 2. The minimum Gasteiger partial charge on any atom is -0.354 e. The van der Waals surface area contributed by atoms with Gasteiger partial charge in [0.2, 0.25) is 21.8 Å². The van der Waals surface area contributed by atoms with Gasteiger partial charge in [-0.2, -0.15) is 0 Å². The molecule has 1 atom stereocenters. The summed E-state index contributed by atoms with van der Waals surface area (Å²) in [5.74, 6) is -0.478. The van der Waals surface area contributed by atoms with Crippen LogP contribution in [0.1, 0.15) is 42.9 Å². The average Bonchev–Trinajstić information content (AvgIpc) is 2.92. The van der Waals surface area contributed by atoms with Crippen LogP contribution in [0.2, 0.25) is 5.02 Å². The molecule has 0 fully saturated rings. The molecule has 1 N–H and O–H groups in total. The first-order chi connectivity index (χ1) is 19.1. The fourth-order valence-electron chi connectivity index (χ4n) is 4.52. The monoisotopic (exact) mass is 583 g/mol. The van der Waals surface area contributed by atoms with Crippen molar-refractivity contribution in [3.8, 4) is 0 Å². The summed E-state index contributed by atoms with van der Waals surface area (Å²) in [4.78, 5) is 28.8. The van der Waals surface area contributed by atoms with Gasteiger partial charge in [0.05, 0.1) is 11.9 Å². The van der Waals surface area contributed by atoms with E-state index >= 15 is 0 Å². The largest absolute Gasteiger partial charge is 0.354 e. The van der Waals surface area contributed by atoms with Gasteiger partial charge in [-0.1, -0.05) is 79.2 Å². The number of amides is 2. The van der Waals surface area contributed by atoms with Crippen LogP contribution < -0.4 is 9.62 Å². The second-order valence-corrected chi connectivity index (χ2v) is 12.2. The Kier molecular flexibility index (Phi) is 11.6. The van der Waals surface area contributed by atoms with Crippen molar-refractivity contribution in [3.05, 3.63) is 101 Å². The average molecular weight is 584 g/mol. The molecule has 0 radical (unpaired) electrons. The van der Waals surface area contributed by atoms with E-state index in [1.54, 1.807) is 23.1 Å². The van der Waals surface area contributed by atoms with Crippen LogP contribution in [0.4, 0.5) is 5.69 Å². The van der Waals surface area contributed by atoms with Gasteiger partial charge in [0.1, 0.15) is 6.04 Å². The number of halogens is 1. The predicted octanol–water partition coefficient (Wildman–Crippen LogP) is 5.36. The fourth-order valence-corrected chi connectivity index (χ4v) is 5.67. The van der Waals surface area contributed by atoms with Crippen molar-refractivity contribution in [3.63, 3.8) is 0 Å². The summed E-state index contributed by atoms with van der Waals surface area (Å²) in [6.45, 7) is 4.66. The van der Waals surface area contributed by atoms with Gasteiger partial charge < -0.3 is 10.2 Å². The summed E-state index contributed by atoms with van der Waals surface area (Å²) in [5.41, 5.74) is 3.16. The molecule has 3 aromatic carbocycles. The third-order valence-electron chi connectivity index (χ3n) is 6.56. The van der Waals surface area contributed by atoms with Gasteiger partial charge in [0.15, 0.2) is 0 Å². The number of hydrogen-bond donors (Lipinski definition) is 1. The number of nitrogens with zero attached hydrogens (tertiary/aromatic N) is 2. The Balaban J connectivity index is 1.88. The minimum absolute atomic E-state index is 0.0641. The van der Waals surface area contributed by atoms with E-state index in [1.165, 1.54) is 4.31 Å². The lowest BCUT2D eigenvalue weighted by atomic mass is 10.0. The van der Waals surface area contributed by atoms with Gasteiger partial charge in [-0.25, -0.2) is 8.42 Å². The molecule has 0 saturated heterocycles. The van der Waals surface area contributed by atoms with Crippen molar-refractivity contribution in [2.75, 3.05) is 23.7 Å². The lowest BCUT2D eigenvalue weighted by Gasteiger charge is -2.32. The zero-order chi connectivity index (χ0) is 29.1. The molecule has 9 heteroatoms. The molecule has 0 saturated carbocycles. The molecule has 0 aliphatic heterocycles. The Hall–Kier alpha value is -3.36. The number of hydrogen-bond acceptors (Lipinski definition) is 4. The summed E-state index contributed by atoms with van der Waals surface area (Å²) in [5, 5.41) is 3.47. The number of aryl methyl sites for hydroxylation is 1. The van der Waals surface area contributed by atoms with Gasteiger partial charge in [-0.05, 0) is 54.7 Å². The second-order valence-electron chi connectivity index (χ2n) is 9.89. The zero-order valence-electron chi connectivity index (χ0n) is 23.3. The van der Waals surface area contributed by atoms with E-state index in [4.69, 9.17) is 11.6 Å².